The summed E-state index contributed by atoms with van der Waals surface area (Å²) in [6.45, 7) is 0. The van der Waals surface area contributed by atoms with Gasteiger partial charge in [-0.1, -0.05) is 15.9 Å². The molecule has 2 aromatic carbocycles. The number of ether oxygens (including phenoxy) is 1. The summed E-state index contributed by atoms with van der Waals surface area (Å²) in [5.74, 6) is 1.29. The van der Waals surface area contributed by atoms with Gasteiger partial charge < -0.3 is 10.5 Å². The highest BCUT2D eigenvalue weighted by Crippen LogP contribution is 2.18. The van der Waals surface area contributed by atoms with Crippen molar-refractivity contribution in [3.05, 3.63) is 58.6 Å². The molecule has 0 saturated carbocycles. The van der Waals surface area contributed by atoms with Gasteiger partial charge in [-0.05, 0) is 48.5 Å². The number of rotatable bonds is 3. The van der Waals surface area contributed by atoms with E-state index in [2.05, 4.69) is 20.9 Å². The number of aliphatic imine (C=N–C) groups is 1. The normalized spacial score (nSPS) is 11.3. The highest BCUT2D eigenvalue weighted by Gasteiger charge is 1.99. The molecule has 0 saturated heterocycles. The molecule has 0 radical (unpaired) electrons. The van der Waals surface area contributed by atoms with Crippen LogP contribution < -0.4 is 10.5 Å². The van der Waals surface area contributed by atoms with E-state index >= 15 is 0 Å². The third kappa shape index (κ3) is 3.11. The lowest BCUT2D eigenvalue weighted by Crippen LogP contribution is -2.12. The molecular weight excluding hydrogens is 292 g/mol. The average Bonchev–Trinajstić information content (AvgIpc) is 2.41. The molecule has 2 rings (SSSR count). The topological polar surface area (TPSA) is 47.6 Å². The number of amidine groups is 1. The molecule has 4 heteroatoms. The zero-order valence-corrected chi connectivity index (χ0v) is 11.5. The molecule has 0 fully saturated rings. The summed E-state index contributed by atoms with van der Waals surface area (Å²) >= 11 is 3.38. The van der Waals surface area contributed by atoms with Crippen molar-refractivity contribution >= 4 is 27.5 Å². The maximum atomic E-state index is 5.95. The summed E-state index contributed by atoms with van der Waals surface area (Å²) < 4.78 is 6.11. The molecule has 2 N–H and O–H groups in total. The SMILES string of the molecule is COc1ccc(C(N)=Nc2ccc(Br)cc2)cc1. The van der Waals surface area contributed by atoms with Gasteiger partial charge in [-0.15, -0.1) is 0 Å². The molecule has 0 heterocycles. The van der Waals surface area contributed by atoms with E-state index in [4.69, 9.17) is 10.5 Å². The van der Waals surface area contributed by atoms with Gasteiger partial charge in [0.05, 0.1) is 12.8 Å². The van der Waals surface area contributed by atoms with Crippen LogP contribution in [-0.4, -0.2) is 12.9 Å². The van der Waals surface area contributed by atoms with Crippen molar-refractivity contribution in [2.24, 2.45) is 10.7 Å². The molecule has 0 atom stereocenters. The van der Waals surface area contributed by atoms with E-state index in [1.54, 1.807) is 7.11 Å². The second-order valence-corrected chi connectivity index (χ2v) is 4.62. The van der Waals surface area contributed by atoms with Crippen LogP contribution in [0.1, 0.15) is 5.56 Å². The first kappa shape index (κ1) is 12.6. The van der Waals surface area contributed by atoms with E-state index in [0.29, 0.717) is 5.84 Å². The van der Waals surface area contributed by atoms with E-state index in [0.717, 1.165) is 21.5 Å². The van der Waals surface area contributed by atoms with Gasteiger partial charge in [0, 0.05) is 10.0 Å². The van der Waals surface area contributed by atoms with Gasteiger partial charge in [0.1, 0.15) is 11.6 Å². The summed E-state index contributed by atoms with van der Waals surface area (Å²) in [5.41, 5.74) is 7.65. The summed E-state index contributed by atoms with van der Waals surface area (Å²) in [4.78, 5) is 4.36. The Morgan fingerprint density at radius 3 is 2.22 bits per heavy atom. The highest BCUT2D eigenvalue weighted by molar-refractivity contribution is 9.10. The lowest BCUT2D eigenvalue weighted by Gasteiger charge is -2.03. The molecular formula is C14H13BrN2O. The fourth-order valence-electron chi connectivity index (χ4n) is 1.48. The number of nitrogens with zero attached hydrogens (tertiary/aromatic N) is 1. The predicted molar refractivity (Wildman–Crippen MR) is 77.5 cm³/mol. The van der Waals surface area contributed by atoms with E-state index in [9.17, 15) is 0 Å². The number of hydrogen-bond acceptors (Lipinski definition) is 2. The third-order valence-electron chi connectivity index (χ3n) is 2.46. The Hall–Kier alpha value is -1.81. The molecule has 0 aliphatic carbocycles. The lowest BCUT2D eigenvalue weighted by atomic mass is 10.2. The first-order valence-electron chi connectivity index (χ1n) is 5.43. The zero-order valence-electron chi connectivity index (χ0n) is 9.93. The highest BCUT2D eigenvalue weighted by atomic mass is 79.9. The Morgan fingerprint density at radius 1 is 1.06 bits per heavy atom. The fourth-order valence-corrected chi connectivity index (χ4v) is 1.75. The third-order valence-corrected chi connectivity index (χ3v) is 2.99. The minimum Gasteiger partial charge on any atom is -0.497 e. The molecule has 0 spiro atoms. The monoisotopic (exact) mass is 304 g/mol. The molecule has 2 aromatic rings. The largest absolute Gasteiger partial charge is 0.497 e. The first-order valence-corrected chi connectivity index (χ1v) is 6.22. The maximum absolute atomic E-state index is 5.95. The molecule has 0 unspecified atom stereocenters. The second-order valence-electron chi connectivity index (χ2n) is 3.70. The van der Waals surface area contributed by atoms with Gasteiger partial charge in [0.15, 0.2) is 0 Å². The average molecular weight is 305 g/mol. The number of hydrogen-bond donors (Lipinski definition) is 1. The van der Waals surface area contributed by atoms with Gasteiger partial charge in [0.2, 0.25) is 0 Å². The Bertz CT molecular complexity index is 547. The summed E-state index contributed by atoms with van der Waals surface area (Å²) in [6.07, 6.45) is 0. The van der Waals surface area contributed by atoms with Crippen LogP contribution in [0.4, 0.5) is 5.69 Å². The van der Waals surface area contributed by atoms with Gasteiger partial charge in [-0.25, -0.2) is 4.99 Å². The van der Waals surface area contributed by atoms with Gasteiger partial charge in [-0.3, -0.25) is 0 Å². The zero-order chi connectivity index (χ0) is 13.0. The van der Waals surface area contributed by atoms with Crippen LogP contribution in [0.5, 0.6) is 5.75 Å². The summed E-state index contributed by atoms with van der Waals surface area (Å²) in [5, 5.41) is 0. The Balaban J connectivity index is 2.23. The maximum Gasteiger partial charge on any atom is 0.131 e. The molecule has 0 amide bonds. The van der Waals surface area contributed by atoms with Crippen molar-refractivity contribution in [1.29, 1.82) is 0 Å². The van der Waals surface area contributed by atoms with Crippen molar-refractivity contribution in [3.8, 4) is 5.75 Å². The first-order chi connectivity index (χ1) is 8.69. The summed E-state index contributed by atoms with van der Waals surface area (Å²) in [6, 6.07) is 15.2. The number of nitrogens with two attached hydrogens (primary N) is 1. The molecule has 18 heavy (non-hydrogen) atoms. The Labute approximate surface area is 114 Å². The summed E-state index contributed by atoms with van der Waals surface area (Å²) in [7, 11) is 1.63. The standard InChI is InChI=1S/C14H13BrN2O/c1-18-13-8-2-10(3-9-13)14(16)17-12-6-4-11(15)5-7-12/h2-9H,1H3,(H2,16,17). The van der Waals surface area contributed by atoms with Crippen molar-refractivity contribution in [1.82, 2.24) is 0 Å². The van der Waals surface area contributed by atoms with E-state index in [1.165, 1.54) is 0 Å². The lowest BCUT2D eigenvalue weighted by molar-refractivity contribution is 0.415. The van der Waals surface area contributed by atoms with E-state index in [-0.39, 0.29) is 0 Å². The quantitative estimate of drug-likeness (QED) is 0.697. The molecule has 0 aromatic heterocycles. The minimum absolute atomic E-state index is 0.486. The fraction of sp³-hybridized carbons (Fsp3) is 0.0714. The van der Waals surface area contributed by atoms with E-state index < -0.39 is 0 Å². The predicted octanol–water partition coefficient (Wildman–Crippen LogP) is 3.49. The van der Waals surface area contributed by atoms with Crippen LogP contribution in [0.25, 0.3) is 0 Å². The van der Waals surface area contributed by atoms with Crippen LogP contribution in [0, 0.1) is 0 Å². The van der Waals surface area contributed by atoms with Crippen LogP contribution in [-0.2, 0) is 0 Å². The minimum atomic E-state index is 0.486. The number of methoxy groups -OCH3 is 1. The number of benzene rings is 2. The van der Waals surface area contributed by atoms with Crippen LogP contribution in [0.2, 0.25) is 0 Å². The van der Waals surface area contributed by atoms with Crippen molar-refractivity contribution in [2.75, 3.05) is 7.11 Å². The van der Waals surface area contributed by atoms with Crippen LogP contribution in [0.3, 0.4) is 0 Å². The Morgan fingerprint density at radius 2 is 1.67 bits per heavy atom. The van der Waals surface area contributed by atoms with Crippen LogP contribution in [0.15, 0.2) is 58.0 Å². The smallest absolute Gasteiger partial charge is 0.131 e. The molecule has 0 aliphatic heterocycles. The van der Waals surface area contributed by atoms with Gasteiger partial charge in [0.25, 0.3) is 0 Å². The molecule has 92 valence electrons. The number of halogens is 1. The van der Waals surface area contributed by atoms with E-state index in [1.807, 2.05) is 48.5 Å². The second kappa shape index (κ2) is 5.69. The molecule has 3 nitrogen and oxygen atoms in total. The van der Waals surface area contributed by atoms with Gasteiger partial charge >= 0.3 is 0 Å². The molecule has 0 bridgehead atoms. The molecule has 0 aliphatic rings. The van der Waals surface area contributed by atoms with Crippen molar-refractivity contribution in [2.45, 2.75) is 0 Å². The van der Waals surface area contributed by atoms with Gasteiger partial charge in [-0.2, -0.15) is 0 Å². The van der Waals surface area contributed by atoms with Crippen molar-refractivity contribution in [3.63, 3.8) is 0 Å². The Kier molecular flexibility index (Phi) is 3.99. The van der Waals surface area contributed by atoms with Crippen molar-refractivity contribution < 1.29 is 4.74 Å². The van der Waals surface area contributed by atoms with Crippen LogP contribution >= 0.6 is 15.9 Å².